The molecule has 0 amide bonds. The number of hydrogen-bond donors (Lipinski definition) is 2. The normalized spacial score (nSPS) is 24.9. The van der Waals surface area contributed by atoms with Crippen LogP contribution in [0.15, 0.2) is 4.99 Å². The van der Waals surface area contributed by atoms with Crippen LogP contribution in [0, 0.1) is 0 Å². The Morgan fingerprint density at radius 3 is 3.35 bits per heavy atom. The van der Waals surface area contributed by atoms with Crippen LogP contribution in [0.1, 0.15) is 25.7 Å². The molecule has 0 aromatic carbocycles. The van der Waals surface area contributed by atoms with E-state index in [4.69, 9.17) is 9.47 Å². The summed E-state index contributed by atoms with van der Waals surface area (Å²) in [6.45, 7) is 5.30. The second-order valence-corrected chi connectivity index (χ2v) is 4.50. The van der Waals surface area contributed by atoms with Crippen molar-refractivity contribution >= 4 is 5.96 Å². The number of nitrogens with zero attached hydrogens (tertiary/aromatic N) is 1. The molecule has 0 aliphatic carbocycles. The molecule has 0 aromatic heterocycles. The van der Waals surface area contributed by atoms with Crippen molar-refractivity contribution in [2.45, 2.75) is 31.8 Å². The number of aliphatic imine (C=N–C) groups is 1. The molecule has 2 aliphatic heterocycles. The van der Waals surface area contributed by atoms with E-state index < -0.39 is 0 Å². The van der Waals surface area contributed by atoms with Gasteiger partial charge in [-0.05, 0) is 25.7 Å². The van der Waals surface area contributed by atoms with Crippen LogP contribution in [0.25, 0.3) is 0 Å². The zero-order valence-electron chi connectivity index (χ0n) is 10.4. The first-order chi connectivity index (χ1) is 8.45. The number of guanidine groups is 1. The van der Waals surface area contributed by atoms with Gasteiger partial charge in [-0.25, -0.2) is 0 Å². The minimum Gasteiger partial charge on any atom is -0.379 e. The topological polar surface area (TPSA) is 54.9 Å². The Morgan fingerprint density at radius 1 is 1.47 bits per heavy atom. The first kappa shape index (κ1) is 12.6. The number of ether oxygens (including phenoxy) is 2. The summed E-state index contributed by atoms with van der Waals surface area (Å²) in [5, 5.41) is 6.61. The smallest absolute Gasteiger partial charge is 0.191 e. The molecule has 2 aliphatic rings. The van der Waals surface area contributed by atoms with Crippen molar-refractivity contribution < 1.29 is 9.47 Å². The predicted molar refractivity (Wildman–Crippen MR) is 67.3 cm³/mol. The fourth-order valence-corrected chi connectivity index (χ4v) is 1.98. The fraction of sp³-hybridized carbons (Fsp3) is 0.917. The summed E-state index contributed by atoms with van der Waals surface area (Å²) in [7, 11) is 0. The molecule has 5 nitrogen and oxygen atoms in total. The van der Waals surface area contributed by atoms with Crippen molar-refractivity contribution in [2.75, 3.05) is 39.5 Å². The number of rotatable bonds is 5. The molecule has 98 valence electrons. The first-order valence-corrected chi connectivity index (χ1v) is 6.67. The molecule has 2 N–H and O–H groups in total. The predicted octanol–water partition coefficient (Wildman–Crippen LogP) is 0.511. The molecule has 1 saturated heterocycles. The summed E-state index contributed by atoms with van der Waals surface area (Å²) < 4.78 is 10.9. The van der Waals surface area contributed by atoms with Crippen LogP contribution in [0.2, 0.25) is 0 Å². The minimum absolute atomic E-state index is 0.323. The van der Waals surface area contributed by atoms with Crippen LogP contribution < -0.4 is 10.6 Å². The zero-order chi connectivity index (χ0) is 11.8. The van der Waals surface area contributed by atoms with Crippen LogP contribution in [-0.2, 0) is 9.47 Å². The third kappa shape index (κ3) is 4.91. The van der Waals surface area contributed by atoms with Gasteiger partial charge >= 0.3 is 0 Å². The summed E-state index contributed by atoms with van der Waals surface area (Å²) in [6, 6.07) is 0. The monoisotopic (exact) mass is 241 g/mol. The van der Waals surface area contributed by atoms with E-state index in [1.165, 1.54) is 12.8 Å². The maximum Gasteiger partial charge on any atom is 0.191 e. The summed E-state index contributed by atoms with van der Waals surface area (Å²) in [5.41, 5.74) is 0. The standard InChI is InChI=1S/C12H23N3O2/c1-2-6-14-12(13-5-1)15-7-3-8-17-11-4-9-16-10-11/h11H,1-10H2,(H2,13,14,15)/t11-/m1/s1. The van der Waals surface area contributed by atoms with E-state index in [0.29, 0.717) is 6.10 Å². The lowest BCUT2D eigenvalue weighted by Crippen LogP contribution is -2.37. The molecule has 0 saturated carbocycles. The molecule has 0 aromatic rings. The van der Waals surface area contributed by atoms with Crippen LogP contribution in [-0.4, -0.2) is 51.5 Å². The Bertz CT molecular complexity index is 240. The highest BCUT2D eigenvalue weighted by molar-refractivity contribution is 5.79. The maximum absolute atomic E-state index is 5.69. The van der Waals surface area contributed by atoms with Crippen molar-refractivity contribution in [3.05, 3.63) is 0 Å². The fourth-order valence-electron chi connectivity index (χ4n) is 1.98. The second-order valence-electron chi connectivity index (χ2n) is 4.50. The van der Waals surface area contributed by atoms with Crippen LogP contribution in [0.3, 0.4) is 0 Å². The second kappa shape index (κ2) is 7.50. The van der Waals surface area contributed by atoms with Gasteiger partial charge in [-0.1, -0.05) is 0 Å². The molecular weight excluding hydrogens is 218 g/mol. The summed E-state index contributed by atoms with van der Waals surface area (Å²) >= 11 is 0. The highest BCUT2D eigenvalue weighted by Gasteiger charge is 2.15. The Morgan fingerprint density at radius 2 is 2.47 bits per heavy atom. The molecular formula is C12H23N3O2. The van der Waals surface area contributed by atoms with Gasteiger partial charge in [0.05, 0.1) is 12.7 Å². The van der Waals surface area contributed by atoms with Gasteiger partial charge in [-0.3, -0.25) is 4.99 Å². The van der Waals surface area contributed by atoms with E-state index in [9.17, 15) is 0 Å². The molecule has 2 rings (SSSR count). The molecule has 2 heterocycles. The van der Waals surface area contributed by atoms with Gasteiger partial charge in [0.1, 0.15) is 0 Å². The lowest BCUT2D eigenvalue weighted by atomic mass is 10.3. The van der Waals surface area contributed by atoms with Gasteiger partial charge < -0.3 is 20.1 Å². The van der Waals surface area contributed by atoms with Crippen molar-refractivity contribution in [3.63, 3.8) is 0 Å². The zero-order valence-corrected chi connectivity index (χ0v) is 10.4. The van der Waals surface area contributed by atoms with Crippen molar-refractivity contribution in [3.8, 4) is 0 Å². The Labute approximate surface area is 103 Å². The van der Waals surface area contributed by atoms with E-state index >= 15 is 0 Å². The summed E-state index contributed by atoms with van der Waals surface area (Å²) in [6.07, 6.45) is 4.77. The van der Waals surface area contributed by atoms with Gasteiger partial charge in [-0.2, -0.15) is 0 Å². The van der Waals surface area contributed by atoms with E-state index in [0.717, 1.165) is 58.3 Å². The highest BCUT2D eigenvalue weighted by Crippen LogP contribution is 2.07. The van der Waals surface area contributed by atoms with E-state index in [1.807, 2.05) is 0 Å². The molecule has 1 fully saturated rings. The van der Waals surface area contributed by atoms with Crippen LogP contribution in [0.5, 0.6) is 0 Å². The van der Waals surface area contributed by atoms with E-state index in [1.54, 1.807) is 0 Å². The van der Waals surface area contributed by atoms with Gasteiger partial charge in [0.25, 0.3) is 0 Å². The van der Waals surface area contributed by atoms with E-state index in [2.05, 4.69) is 15.6 Å². The Kier molecular flexibility index (Phi) is 5.58. The van der Waals surface area contributed by atoms with Gasteiger partial charge in [0, 0.05) is 32.8 Å². The Hall–Kier alpha value is -0.810. The highest BCUT2D eigenvalue weighted by atomic mass is 16.5. The summed E-state index contributed by atoms with van der Waals surface area (Å²) in [4.78, 5) is 4.43. The van der Waals surface area contributed by atoms with Gasteiger partial charge in [0.2, 0.25) is 0 Å². The van der Waals surface area contributed by atoms with Gasteiger partial charge in [-0.15, -0.1) is 0 Å². The SMILES string of the molecule is C1CCNC(NCCCO[C@@H]2CCOC2)=NC1. The molecule has 0 radical (unpaired) electrons. The number of hydrogen-bond acceptors (Lipinski definition) is 5. The molecule has 5 heteroatoms. The van der Waals surface area contributed by atoms with Crippen LogP contribution in [0.4, 0.5) is 0 Å². The molecule has 0 spiro atoms. The Balaban J connectivity index is 1.48. The average molecular weight is 241 g/mol. The molecule has 1 atom stereocenters. The molecule has 0 bridgehead atoms. The van der Waals surface area contributed by atoms with Crippen molar-refractivity contribution in [2.24, 2.45) is 4.99 Å². The maximum atomic E-state index is 5.69. The quantitative estimate of drug-likeness (QED) is 0.689. The van der Waals surface area contributed by atoms with Crippen molar-refractivity contribution in [1.82, 2.24) is 10.6 Å². The van der Waals surface area contributed by atoms with Gasteiger partial charge in [0.15, 0.2) is 5.96 Å². The largest absolute Gasteiger partial charge is 0.379 e. The lowest BCUT2D eigenvalue weighted by Gasteiger charge is -2.12. The lowest BCUT2D eigenvalue weighted by molar-refractivity contribution is 0.0420. The summed E-state index contributed by atoms with van der Waals surface area (Å²) in [5.74, 6) is 0.951. The molecule has 17 heavy (non-hydrogen) atoms. The van der Waals surface area contributed by atoms with Crippen molar-refractivity contribution in [1.29, 1.82) is 0 Å². The first-order valence-electron chi connectivity index (χ1n) is 6.67. The number of nitrogens with one attached hydrogen (secondary N) is 2. The third-order valence-electron chi connectivity index (χ3n) is 3.00. The third-order valence-corrected chi connectivity index (χ3v) is 3.00. The minimum atomic E-state index is 0.323. The van der Waals surface area contributed by atoms with Crippen LogP contribution >= 0.6 is 0 Å². The average Bonchev–Trinajstić information content (AvgIpc) is 2.72. The molecule has 0 unspecified atom stereocenters. The van der Waals surface area contributed by atoms with E-state index in [-0.39, 0.29) is 0 Å².